The maximum absolute atomic E-state index is 4.50. The van der Waals surface area contributed by atoms with Crippen molar-refractivity contribution in [2.75, 3.05) is 13.1 Å². The van der Waals surface area contributed by atoms with Crippen molar-refractivity contribution in [3.63, 3.8) is 0 Å². The highest BCUT2D eigenvalue weighted by Gasteiger charge is 2.35. The fourth-order valence-corrected chi connectivity index (χ4v) is 3.22. The van der Waals surface area contributed by atoms with Gasteiger partial charge in [-0.2, -0.15) is 5.10 Å². The highest BCUT2D eigenvalue weighted by molar-refractivity contribution is 9.10. The van der Waals surface area contributed by atoms with Crippen molar-refractivity contribution in [3.8, 4) is 0 Å². The second-order valence-corrected chi connectivity index (χ2v) is 6.78. The zero-order chi connectivity index (χ0) is 14.2. The number of hydrogen-bond donors (Lipinski definition) is 1. The van der Waals surface area contributed by atoms with E-state index in [1.165, 1.54) is 5.69 Å². The number of aryl methyl sites for hydroxylation is 2. The molecule has 19 heavy (non-hydrogen) atoms. The molecule has 1 aromatic rings. The second kappa shape index (κ2) is 5.54. The summed E-state index contributed by atoms with van der Waals surface area (Å²) in [6, 6.07) is 0.549. The van der Waals surface area contributed by atoms with Crippen LogP contribution in [0.15, 0.2) is 4.47 Å². The van der Waals surface area contributed by atoms with E-state index in [9.17, 15) is 0 Å². The smallest absolute Gasteiger partial charge is 0.0739 e. The topological polar surface area (TPSA) is 33.1 Å². The molecule has 0 radical (unpaired) electrons. The van der Waals surface area contributed by atoms with Gasteiger partial charge in [-0.3, -0.25) is 9.58 Å². The molecule has 2 rings (SSSR count). The number of piperazine rings is 1. The third kappa shape index (κ3) is 2.88. The van der Waals surface area contributed by atoms with E-state index in [2.05, 4.69) is 52.0 Å². The van der Waals surface area contributed by atoms with Gasteiger partial charge in [0.15, 0.2) is 0 Å². The Morgan fingerprint density at radius 2 is 2.21 bits per heavy atom. The Balaban J connectivity index is 2.24. The van der Waals surface area contributed by atoms with Crippen molar-refractivity contribution >= 4 is 15.9 Å². The second-order valence-electron chi connectivity index (χ2n) is 5.98. The molecule has 2 heterocycles. The number of nitrogens with one attached hydrogen (secondary N) is 1. The van der Waals surface area contributed by atoms with Gasteiger partial charge in [0.1, 0.15) is 0 Å². The summed E-state index contributed by atoms with van der Waals surface area (Å²) in [5.41, 5.74) is 2.56. The van der Waals surface area contributed by atoms with Crippen molar-refractivity contribution in [1.82, 2.24) is 20.0 Å². The van der Waals surface area contributed by atoms with Crippen LogP contribution in [-0.2, 0) is 13.6 Å². The van der Waals surface area contributed by atoms with Gasteiger partial charge in [0.2, 0.25) is 0 Å². The summed E-state index contributed by atoms with van der Waals surface area (Å²) in [7, 11) is 2.03. The Morgan fingerprint density at radius 1 is 1.53 bits per heavy atom. The number of hydrogen-bond acceptors (Lipinski definition) is 3. The lowest BCUT2D eigenvalue weighted by Gasteiger charge is -2.47. The molecule has 1 N–H and O–H groups in total. The van der Waals surface area contributed by atoms with E-state index in [4.69, 9.17) is 0 Å². The van der Waals surface area contributed by atoms with Crippen LogP contribution < -0.4 is 5.32 Å². The van der Waals surface area contributed by atoms with Gasteiger partial charge in [-0.15, -0.1) is 0 Å². The number of rotatable bonds is 3. The van der Waals surface area contributed by atoms with Crippen LogP contribution in [0.3, 0.4) is 0 Å². The molecule has 108 valence electrons. The van der Waals surface area contributed by atoms with E-state index in [1.807, 2.05) is 18.7 Å². The summed E-state index contributed by atoms with van der Waals surface area (Å²) in [5, 5.41) is 8.09. The summed E-state index contributed by atoms with van der Waals surface area (Å²) < 4.78 is 3.15. The van der Waals surface area contributed by atoms with E-state index in [0.717, 1.165) is 36.2 Å². The van der Waals surface area contributed by atoms with Gasteiger partial charge in [-0.1, -0.05) is 6.92 Å². The van der Waals surface area contributed by atoms with Crippen molar-refractivity contribution in [2.24, 2.45) is 7.05 Å². The molecule has 5 heteroatoms. The molecule has 0 saturated carbocycles. The van der Waals surface area contributed by atoms with Gasteiger partial charge in [0, 0.05) is 38.3 Å². The van der Waals surface area contributed by atoms with Gasteiger partial charge in [-0.25, -0.2) is 0 Å². The van der Waals surface area contributed by atoms with Crippen LogP contribution in [0.25, 0.3) is 0 Å². The zero-order valence-corrected chi connectivity index (χ0v) is 14.2. The fourth-order valence-electron chi connectivity index (χ4n) is 2.76. The van der Waals surface area contributed by atoms with Gasteiger partial charge < -0.3 is 5.32 Å². The molecule has 1 fully saturated rings. The van der Waals surface area contributed by atoms with Gasteiger partial charge in [-0.05, 0) is 43.1 Å². The standard InChI is InChI=1S/C14H25BrN4/c1-6-14(4)9-16-10(2)7-19(14)8-12-13(15)11(3)17-18(12)5/h10,16H,6-9H2,1-5H3. The first kappa shape index (κ1) is 15.0. The Kier molecular flexibility index (Phi) is 4.38. The lowest BCUT2D eigenvalue weighted by Crippen LogP contribution is -2.62. The van der Waals surface area contributed by atoms with Crippen LogP contribution in [0.4, 0.5) is 0 Å². The minimum atomic E-state index is 0.226. The van der Waals surface area contributed by atoms with E-state index in [0.29, 0.717) is 6.04 Å². The molecular weight excluding hydrogens is 304 g/mol. The molecule has 1 aromatic heterocycles. The average Bonchev–Trinajstić information content (AvgIpc) is 2.60. The molecule has 2 unspecified atom stereocenters. The minimum absolute atomic E-state index is 0.226. The van der Waals surface area contributed by atoms with E-state index in [-0.39, 0.29) is 5.54 Å². The van der Waals surface area contributed by atoms with Crippen molar-refractivity contribution < 1.29 is 0 Å². The number of nitrogens with zero attached hydrogens (tertiary/aromatic N) is 3. The Hall–Kier alpha value is -0.390. The molecule has 0 amide bonds. The van der Waals surface area contributed by atoms with E-state index < -0.39 is 0 Å². The van der Waals surface area contributed by atoms with Crippen LogP contribution in [0, 0.1) is 6.92 Å². The quantitative estimate of drug-likeness (QED) is 0.925. The monoisotopic (exact) mass is 328 g/mol. The van der Waals surface area contributed by atoms with Gasteiger partial charge in [0.05, 0.1) is 15.9 Å². The van der Waals surface area contributed by atoms with Crippen LogP contribution in [0.1, 0.15) is 38.6 Å². The average molecular weight is 329 g/mol. The first-order valence-corrected chi connectivity index (χ1v) is 7.83. The van der Waals surface area contributed by atoms with Gasteiger partial charge in [0.25, 0.3) is 0 Å². The first-order valence-electron chi connectivity index (χ1n) is 7.04. The van der Waals surface area contributed by atoms with Crippen LogP contribution in [0.5, 0.6) is 0 Å². The predicted molar refractivity (Wildman–Crippen MR) is 82.2 cm³/mol. The molecule has 0 aliphatic carbocycles. The maximum atomic E-state index is 4.50. The fraction of sp³-hybridized carbons (Fsp3) is 0.786. The first-order chi connectivity index (χ1) is 8.87. The normalized spacial score (nSPS) is 28.8. The summed E-state index contributed by atoms with van der Waals surface area (Å²) in [5.74, 6) is 0. The van der Waals surface area contributed by atoms with Crippen LogP contribution >= 0.6 is 15.9 Å². The largest absolute Gasteiger partial charge is 0.311 e. The lowest BCUT2D eigenvalue weighted by atomic mass is 9.92. The maximum Gasteiger partial charge on any atom is 0.0739 e. The zero-order valence-electron chi connectivity index (χ0n) is 12.6. The van der Waals surface area contributed by atoms with Crippen LogP contribution in [-0.4, -0.2) is 39.4 Å². The van der Waals surface area contributed by atoms with Crippen molar-refractivity contribution in [1.29, 1.82) is 0 Å². The Bertz CT molecular complexity index is 457. The summed E-state index contributed by atoms with van der Waals surface area (Å²) in [6.07, 6.45) is 1.15. The summed E-state index contributed by atoms with van der Waals surface area (Å²) in [6.45, 7) is 12.0. The van der Waals surface area contributed by atoms with E-state index >= 15 is 0 Å². The number of halogens is 1. The highest BCUT2D eigenvalue weighted by atomic mass is 79.9. The molecule has 4 nitrogen and oxygen atoms in total. The number of aromatic nitrogens is 2. The van der Waals surface area contributed by atoms with Gasteiger partial charge >= 0.3 is 0 Å². The molecule has 2 atom stereocenters. The SMILES string of the molecule is CCC1(C)CNC(C)CN1Cc1c(Br)c(C)nn1C. The molecule has 0 spiro atoms. The third-order valence-corrected chi connectivity index (χ3v) is 5.48. The Morgan fingerprint density at radius 3 is 2.74 bits per heavy atom. The summed E-state index contributed by atoms with van der Waals surface area (Å²) in [4.78, 5) is 2.59. The van der Waals surface area contributed by atoms with Crippen LogP contribution in [0.2, 0.25) is 0 Å². The molecule has 1 aliphatic rings. The van der Waals surface area contributed by atoms with Crippen molar-refractivity contribution in [2.45, 2.75) is 52.2 Å². The molecule has 0 aromatic carbocycles. The molecule has 1 aliphatic heterocycles. The molecule has 1 saturated heterocycles. The minimum Gasteiger partial charge on any atom is -0.311 e. The lowest BCUT2D eigenvalue weighted by molar-refractivity contribution is 0.0430. The van der Waals surface area contributed by atoms with E-state index in [1.54, 1.807) is 0 Å². The molecule has 0 bridgehead atoms. The molecular formula is C14H25BrN4. The highest BCUT2D eigenvalue weighted by Crippen LogP contribution is 2.28. The third-order valence-electron chi connectivity index (χ3n) is 4.45. The summed E-state index contributed by atoms with van der Waals surface area (Å²) >= 11 is 3.68. The Labute approximate surface area is 124 Å². The van der Waals surface area contributed by atoms with Crippen molar-refractivity contribution in [3.05, 3.63) is 15.9 Å². The predicted octanol–water partition coefficient (Wildman–Crippen LogP) is 2.45.